The molecule has 2 aromatic carbocycles. The topological polar surface area (TPSA) is 21.3 Å². The standard InChI is InChI=1S/C17H19BrClNO/c1-11-8-12(4-6-15(11)18)16(20-2)10-13-9-14(19)5-7-17(13)21-3/h4-9,16,20H,10H2,1-3H3. The van der Waals surface area contributed by atoms with Gasteiger partial charge in [0, 0.05) is 15.5 Å². The molecule has 1 atom stereocenters. The lowest BCUT2D eigenvalue weighted by Crippen LogP contribution is -2.19. The second-order valence-electron chi connectivity index (χ2n) is 5.01. The van der Waals surface area contributed by atoms with E-state index < -0.39 is 0 Å². The summed E-state index contributed by atoms with van der Waals surface area (Å²) in [6.45, 7) is 2.10. The van der Waals surface area contributed by atoms with Gasteiger partial charge in [-0.25, -0.2) is 0 Å². The fourth-order valence-electron chi connectivity index (χ4n) is 2.40. The van der Waals surface area contributed by atoms with Crippen molar-refractivity contribution >= 4 is 27.5 Å². The molecule has 2 aromatic rings. The van der Waals surface area contributed by atoms with Gasteiger partial charge in [0.15, 0.2) is 0 Å². The molecular weight excluding hydrogens is 350 g/mol. The van der Waals surface area contributed by atoms with E-state index in [1.54, 1.807) is 7.11 Å². The quantitative estimate of drug-likeness (QED) is 0.808. The van der Waals surface area contributed by atoms with Gasteiger partial charge in [0.05, 0.1) is 7.11 Å². The van der Waals surface area contributed by atoms with E-state index in [-0.39, 0.29) is 6.04 Å². The minimum atomic E-state index is 0.212. The third-order valence-corrected chi connectivity index (χ3v) is 4.72. The fourth-order valence-corrected chi connectivity index (χ4v) is 2.84. The Morgan fingerprint density at radius 3 is 2.62 bits per heavy atom. The molecule has 0 amide bonds. The van der Waals surface area contributed by atoms with Gasteiger partial charge >= 0.3 is 0 Å². The molecule has 0 aliphatic heterocycles. The zero-order valence-electron chi connectivity index (χ0n) is 12.4. The Balaban J connectivity index is 2.30. The molecule has 1 unspecified atom stereocenters. The van der Waals surface area contributed by atoms with E-state index in [9.17, 15) is 0 Å². The minimum absolute atomic E-state index is 0.212. The number of nitrogens with one attached hydrogen (secondary N) is 1. The summed E-state index contributed by atoms with van der Waals surface area (Å²) < 4.78 is 6.56. The lowest BCUT2D eigenvalue weighted by molar-refractivity contribution is 0.406. The zero-order valence-corrected chi connectivity index (χ0v) is 14.8. The molecular formula is C17H19BrClNO. The van der Waals surface area contributed by atoms with Gasteiger partial charge in [0.25, 0.3) is 0 Å². The lowest BCUT2D eigenvalue weighted by atomic mass is 9.97. The molecule has 0 spiro atoms. The molecule has 2 nitrogen and oxygen atoms in total. The normalized spacial score (nSPS) is 12.2. The van der Waals surface area contributed by atoms with Crippen LogP contribution >= 0.6 is 27.5 Å². The van der Waals surface area contributed by atoms with E-state index in [0.29, 0.717) is 0 Å². The summed E-state index contributed by atoms with van der Waals surface area (Å²) in [6, 6.07) is 12.4. The van der Waals surface area contributed by atoms with Gasteiger partial charge in [-0.1, -0.05) is 39.7 Å². The van der Waals surface area contributed by atoms with E-state index in [1.807, 2.05) is 25.2 Å². The molecule has 0 aromatic heterocycles. The zero-order chi connectivity index (χ0) is 15.4. The first-order valence-electron chi connectivity index (χ1n) is 6.81. The van der Waals surface area contributed by atoms with Crippen LogP contribution in [-0.4, -0.2) is 14.2 Å². The molecule has 0 radical (unpaired) electrons. The maximum Gasteiger partial charge on any atom is 0.122 e. The van der Waals surface area contributed by atoms with Crippen molar-refractivity contribution in [2.24, 2.45) is 0 Å². The molecule has 0 saturated carbocycles. The highest BCUT2D eigenvalue weighted by atomic mass is 79.9. The number of likely N-dealkylation sites (N-methyl/N-ethyl adjacent to an activating group) is 1. The molecule has 2 rings (SSSR count). The summed E-state index contributed by atoms with van der Waals surface area (Å²) in [7, 11) is 3.66. The summed E-state index contributed by atoms with van der Waals surface area (Å²) in [5.74, 6) is 0.869. The summed E-state index contributed by atoms with van der Waals surface area (Å²) in [5, 5.41) is 4.10. The van der Waals surface area contributed by atoms with E-state index in [2.05, 4.69) is 46.4 Å². The van der Waals surface area contributed by atoms with Gasteiger partial charge < -0.3 is 10.1 Å². The highest BCUT2D eigenvalue weighted by Gasteiger charge is 2.14. The molecule has 0 aliphatic rings. The Labute approximate surface area is 139 Å². The van der Waals surface area contributed by atoms with Gasteiger partial charge in [-0.15, -0.1) is 0 Å². The van der Waals surface area contributed by atoms with E-state index in [1.165, 1.54) is 11.1 Å². The predicted molar refractivity (Wildman–Crippen MR) is 92.4 cm³/mol. The first-order chi connectivity index (χ1) is 10.0. The third kappa shape index (κ3) is 4.00. The van der Waals surface area contributed by atoms with Crippen molar-refractivity contribution in [2.75, 3.05) is 14.2 Å². The monoisotopic (exact) mass is 367 g/mol. The number of aryl methyl sites for hydroxylation is 1. The molecule has 0 aliphatic carbocycles. The predicted octanol–water partition coefficient (Wildman–Crippen LogP) is 4.92. The molecule has 0 heterocycles. The van der Waals surface area contributed by atoms with Crippen LogP contribution in [0.15, 0.2) is 40.9 Å². The second kappa shape index (κ2) is 7.30. The Bertz CT molecular complexity index is 630. The number of ether oxygens (including phenoxy) is 1. The summed E-state index contributed by atoms with van der Waals surface area (Å²) >= 11 is 9.65. The molecule has 112 valence electrons. The minimum Gasteiger partial charge on any atom is -0.496 e. The van der Waals surface area contributed by atoms with Crippen LogP contribution < -0.4 is 10.1 Å². The number of benzene rings is 2. The number of rotatable bonds is 5. The molecule has 4 heteroatoms. The molecule has 0 bridgehead atoms. The maximum absolute atomic E-state index is 6.11. The maximum atomic E-state index is 6.11. The Morgan fingerprint density at radius 2 is 2.00 bits per heavy atom. The van der Waals surface area contributed by atoms with Crippen LogP contribution in [0.3, 0.4) is 0 Å². The summed E-state index contributed by atoms with van der Waals surface area (Å²) in [6.07, 6.45) is 0.821. The van der Waals surface area contributed by atoms with Gasteiger partial charge in [-0.3, -0.25) is 0 Å². The molecule has 1 N–H and O–H groups in total. The van der Waals surface area contributed by atoms with Crippen molar-refractivity contribution in [3.63, 3.8) is 0 Å². The molecule has 0 saturated heterocycles. The molecule has 21 heavy (non-hydrogen) atoms. The first kappa shape index (κ1) is 16.3. The number of hydrogen-bond donors (Lipinski definition) is 1. The van der Waals surface area contributed by atoms with Crippen LogP contribution in [0.25, 0.3) is 0 Å². The number of halogens is 2. The van der Waals surface area contributed by atoms with Crippen molar-refractivity contribution in [2.45, 2.75) is 19.4 Å². The van der Waals surface area contributed by atoms with Crippen molar-refractivity contribution in [3.8, 4) is 5.75 Å². The van der Waals surface area contributed by atoms with Crippen molar-refractivity contribution in [3.05, 3.63) is 62.6 Å². The first-order valence-corrected chi connectivity index (χ1v) is 7.98. The highest BCUT2D eigenvalue weighted by Crippen LogP contribution is 2.29. The average molecular weight is 369 g/mol. The van der Waals surface area contributed by atoms with E-state index in [4.69, 9.17) is 16.3 Å². The summed E-state index contributed by atoms with van der Waals surface area (Å²) in [4.78, 5) is 0. The average Bonchev–Trinajstić information content (AvgIpc) is 2.48. The van der Waals surface area contributed by atoms with Gasteiger partial charge in [-0.2, -0.15) is 0 Å². The van der Waals surface area contributed by atoms with Gasteiger partial charge in [0.2, 0.25) is 0 Å². The van der Waals surface area contributed by atoms with Crippen molar-refractivity contribution in [1.82, 2.24) is 5.32 Å². The Morgan fingerprint density at radius 1 is 1.24 bits per heavy atom. The van der Waals surface area contributed by atoms with E-state index in [0.717, 1.165) is 27.2 Å². The SMILES string of the molecule is CNC(Cc1cc(Cl)ccc1OC)c1ccc(Br)c(C)c1. The Kier molecular flexibility index (Phi) is 5.68. The van der Waals surface area contributed by atoms with Gasteiger partial charge in [-0.05, 0) is 61.3 Å². The third-order valence-electron chi connectivity index (χ3n) is 3.60. The van der Waals surface area contributed by atoms with Crippen molar-refractivity contribution < 1.29 is 4.74 Å². The van der Waals surface area contributed by atoms with Crippen LogP contribution in [0.1, 0.15) is 22.7 Å². The second-order valence-corrected chi connectivity index (χ2v) is 6.30. The van der Waals surface area contributed by atoms with Crippen LogP contribution in [0, 0.1) is 6.92 Å². The lowest BCUT2D eigenvalue weighted by Gasteiger charge is -2.19. The van der Waals surface area contributed by atoms with Gasteiger partial charge in [0.1, 0.15) is 5.75 Å². The highest BCUT2D eigenvalue weighted by molar-refractivity contribution is 9.10. The number of hydrogen-bond acceptors (Lipinski definition) is 2. The molecule has 0 fully saturated rings. The Hall–Kier alpha value is -1.03. The van der Waals surface area contributed by atoms with Crippen LogP contribution in [-0.2, 0) is 6.42 Å². The van der Waals surface area contributed by atoms with Crippen LogP contribution in [0.2, 0.25) is 5.02 Å². The van der Waals surface area contributed by atoms with Crippen LogP contribution in [0.4, 0.5) is 0 Å². The fraction of sp³-hybridized carbons (Fsp3) is 0.294. The number of methoxy groups -OCH3 is 1. The van der Waals surface area contributed by atoms with Crippen LogP contribution in [0.5, 0.6) is 5.75 Å². The smallest absolute Gasteiger partial charge is 0.122 e. The largest absolute Gasteiger partial charge is 0.496 e. The van der Waals surface area contributed by atoms with E-state index >= 15 is 0 Å². The van der Waals surface area contributed by atoms with Crippen molar-refractivity contribution in [1.29, 1.82) is 0 Å². The summed E-state index contributed by atoms with van der Waals surface area (Å²) in [5.41, 5.74) is 3.58.